The fourth-order valence-corrected chi connectivity index (χ4v) is 1.93. The average molecular weight is 371 g/mol. The molecule has 2 N–H and O–H groups in total. The molecule has 1 heterocycles. The molecule has 0 aliphatic heterocycles. The van der Waals surface area contributed by atoms with Gasteiger partial charge in [-0.15, -0.1) is 0 Å². The summed E-state index contributed by atoms with van der Waals surface area (Å²) in [4.78, 5) is 8.77. The third kappa shape index (κ3) is 2.73. The Morgan fingerprint density at radius 3 is 2.47 bits per heavy atom. The fraction of sp³-hybridized carbons (Fsp3) is 0.231. The van der Waals surface area contributed by atoms with E-state index in [0.29, 0.717) is 23.1 Å². The normalized spacial score (nSPS) is 10.3. The van der Waals surface area contributed by atoms with E-state index in [2.05, 4.69) is 32.6 Å². The molecule has 0 bridgehead atoms. The molecule has 0 aliphatic rings. The molecule has 0 atom stereocenters. The van der Waals surface area contributed by atoms with Gasteiger partial charge in [0.25, 0.3) is 0 Å². The maximum Gasteiger partial charge on any atom is 0.165 e. The van der Waals surface area contributed by atoms with Gasteiger partial charge in [0, 0.05) is 0 Å². The highest BCUT2D eigenvalue weighted by Crippen LogP contribution is 2.32. The molecule has 1 aromatic carbocycles. The summed E-state index contributed by atoms with van der Waals surface area (Å²) in [5, 5.41) is 0. The minimum atomic E-state index is 0.466. The van der Waals surface area contributed by atoms with Crippen LogP contribution in [0.25, 0.3) is 11.4 Å². The van der Waals surface area contributed by atoms with Gasteiger partial charge in [0.2, 0.25) is 0 Å². The van der Waals surface area contributed by atoms with Crippen molar-refractivity contribution < 1.29 is 9.47 Å². The van der Waals surface area contributed by atoms with Gasteiger partial charge < -0.3 is 15.2 Å². The van der Waals surface area contributed by atoms with Crippen molar-refractivity contribution in [3.63, 3.8) is 0 Å². The Hall–Kier alpha value is -1.57. The van der Waals surface area contributed by atoms with Crippen LogP contribution in [-0.2, 0) is 0 Å². The van der Waals surface area contributed by atoms with E-state index in [4.69, 9.17) is 15.2 Å². The summed E-state index contributed by atoms with van der Waals surface area (Å²) in [6.45, 7) is 1.90. The molecular weight excluding hydrogens is 357 g/mol. The van der Waals surface area contributed by atoms with Crippen LogP contribution in [0.3, 0.4) is 0 Å². The molecule has 2 aromatic rings. The Kier molecular flexibility index (Phi) is 4.08. The second kappa shape index (κ2) is 5.60. The lowest BCUT2D eigenvalue weighted by atomic mass is 10.1. The van der Waals surface area contributed by atoms with Crippen molar-refractivity contribution >= 4 is 28.4 Å². The lowest BCUT2D eigenvalue weighted by molar-refractivity contribution is 0.404. The highest BCUT2D eigenvalue weighted by molar-refractivity contribution is 14.1. The van der Waals surface area contributed by atoms with Crippen LogP contribution in [0.5, 0.6) is 11.5 Å². The fourth-order valence-electron chi connectivity index (χ4n) is 1.69. The smallest absolute Gasteiger partial charge is 0.165 e. The molecule has 0 amide bonds. The molecule has 19 heavy (non-hydrogen) atoms. The number of methoxy groups -OCH3 is 2. The molecule has 0 saturated heterocycles. The number of nitrogen functional groups attached to an aromatic ring is 1. The lowest BCUT2D eigenvalue weighted by Gasteiger charge is -2.11. The second-order valence-corrected chi connectivity index (χ2v) is 4.98. The minimum absolute atomic E-state index is 0.466. The number of aryl methyl sites for hydroxylation is 1. The maximum absolute atomic E-state index is 5.89. The van der Waals surface area contributed by atoms with Crippen LogP contribution in [0.4, 0.5) is 5.82 Å². The van der Waals surface area contributed by atoms with Gasteiger partial charge in [0.1, 0.15) is 17.3 Å². The number of anilines is 1. The Morgan fingerprint density at radius 1 is 1.16 bits per heavy atom. The monoisotopic (exact) mass is 371 g/mol. The van der Waals surface area contributed by atoms with Crippen molar-refractivity contribution in [2.45, 2.75) is 6.92 Å². The van der Waals surface area contributed by atoms with Gasteiger partial charge >= 0.3 is 0 Å². The average Bonchev–Trinajstić information content (AvgIpc) is 2.43. The van der Waals surface area contributed by atoms with E-state index in [1.165, 1.54) is 0 Å². The number of hydrogen-bond donors (Lipinski definition) is 1. The zero-order valence-electron chi connectivity index (χ0n) is 10.9. The van der Waals surface area contributed by atoms with E-state index >= 15 is 0 Å². The van der Waals surface area contributed by atoms with Gasteiger partial charge in [-0.3, -0.25) is 0 Å². The number of nitrogens with two attached hydrogens (primary N) is 1. The Balaban J connectivity index is 2.63. The topological polar surface area (TPSA) is 70.3 Å². The van der Waals surface area contributed by atoms with Gasteiger partial charge in [0.15, 0.2) is 5.82 Å². The third-order valence-corrected chi connectivity index (χ3v) is 4.02. The number of aromatic nitrogens is 2. The van der Waals surface area contributed by atoms with Crippen LogP contribution in [0.2, 0.25) is 0 Å². The van der Waals surface area contributed by atoms with E-state index in [0.717, 1.165) is 14.8 Å². The first-order valence-corrected chi connectivity index (χ1v) is 6.66. The zero-order chi connectivity index (χ0) is 14.0. The molecule has 0 fully saturated rings. The maximum atomic E-state index is 5.89. The zero-order valence-corrected chi connectivity index (χ0v) is 13.1. The van der Waals surface area contributed by atoms with Gasteiger partial charge in [-0.25, -0.2) is 9.97 Å². The Morgan fingerprint density at radius 2 is 1.89 bits per heavy atom. The molecule has 1 aromatic heterocycles. The first kappa shape index (κ1) is 13.9. The largest absolute Gasteiger partial charge is 0.497 e. The molecule has 0 radical (unpaired) electrons. The molecule has 0 saturated carbocycles. The summed E-state index contributed by atoms with van der Waals surface area (Å²) in [6, 6.07) is 5.48. The summed E-state index contributed by atoms with van der Waals surface area (Å²) in [7, 11) is 3.22. The van der Waals surface area contributed by atoms with Crippen LogP contribution in [0, 0.1) is 10.5 Å². The van der Waals surface area contributed by atoms with Crippen LogP contribution in [-0.4, -0.2) is 24.2 Å². The summed E-state index contributed by atoms with van der Waals surface area (Å²) in [5.41, 5.74) is 7.49. The predicted octanol–water partition coefficient (Wildman–Crippen LogP) is 2.66. The van der Waals surface area contributed by atoms with Crippen LogP contribution >= 0.6 is 22.6 Å². The van der Waals surface area contributed by atoms with Crippen molar-refractivity contribution in [1.29, 1.82) is 0 Å². The van der Waals surface area contributed by atoms with Crippen molar-refractivity contribution in [3.05, 3.63) is 27.5 Å². The summed E-state index contributed by atoms with van der Waals surface area (Å²) >= 11 is 2.13. The van der Waals surface area contributed by atoms with Crippen molar-refractivity contribution in [2.75, 3.05) is 20.0 Å². The molecule has 6 heteroatoms. The SMILES string of the molecule is COc1ccc(OC)c(-c2nc(C)c(I)c(N)n2)c1. The van der Waals surface area contributed by atoms with Gasteiger partial charge in [0.05, 0.1) is 29.0 Å². The van der Waals surface area contributed by atoms with E-state index in [1.54, 1.807) is 14.2 Å². The Labute approximate surface area is 125 Å². The first-order chi connectivity index (χ1) is 9.06. The first-order valence-electron chi connectivity index (χ1n) is 5.58. The summed E-state index contributed by atoms with van der Waals surface area (Å²) in [6.07, 6.45) is 0. The van der Waals surface area contributed by atoms with Crippen molar-refractivity contribution in [1.82, 2.24) is 9.97 Å². The van der Waals surface area contributed by atoms with Gasteiger partial charge in [-0.05, 0) is 47.7 Å². The number of benzene rings is 1. The highest BCUT2D eigenvalue weighted by atomic mass is 127. The van der Waals surface area contributed by atoms with Crippen molar-refractivity contribution in [2.24, 2.45) is 0 Å². The number of halogens is 1. The number of rotatable bonds is 3. The van der Waals surface area contributed by atoms with E-state index in [-0.39, 0.29) is 0 Å². The lowest BCUT2D eigenvalue weighted by Crippen LogP contribution is -2.03. The summed E-state index contributed by atoms with van der Waals surface area (Å²) < 4.78 is 11.4. The summed E-state index contributed by atoms with van der Waals surface area (Å²) in [5.74, 6) is 2.40. The van der Waals surface area contributed by atoms with Crippen molar-refractivity contribution in [3.8, 4) is 22.9 Å². The number of nitrogens with zero attached hydrogens (tertiary/aromatic N) is 2. The molecule has 5 nitrogen and oxygen atoms in total. The molecular formula is C13H14IN3O2. The number of hydrogen-bond acceptors (Lipinski definition) is 5. The number of ether oxygens (including phenoxy) is 2. The predicted molar refractivity (Wildman–Crippen MR) is 82.4 cm³/mol. The minimum Gasteiger partial charge on any atom is -0.497 e. The second-order valence-electron chi connectivity index (χ2n) is 3.90. The van der Waals surface area contributed by atoms with E-state index in [1.807, 2.05) is 25.1 Å². The van der Waals surface area contributed by atoms with Crippen LogP contribution in [0.1, 0.15) is 5.69 Å². The molecule has 0 aliphatic carbocycles. The third-order valence-electron chi connectivity index (χ3n) is 2.69. The molecule has 0 spiro atoms. The Bertz CT molecular complexity index is 594. The standard InChI is InChI=1S/C13H14IN3O2/c1-7-11(14)12(15)17-13(16-7)9-6-8(18-2)4-5-10(9)19-3/h4-6H,1-3H3,(H2,15,16,17). The van der Waals surface area contributed by atoms with Crippen LogP contribution < -0.4 is 15.2 Å². The molecule has 100 valence electrons. The van der Waals surface area contributed by atoms with Crippen LogP contribution in [0.15, 0.2) is 18.2 Å². The van der Waals surface area contributed by atoms with E-state index in [9.17, 15) is 0 Å². The van der Waals surface area contributed by atoms with E-state index < -0.39 is 0 Å². The highest BCUT2D eigenvalue weighted by Gasteiger charge is 2.13. The molecule has 2 rings (SSSR count). The van der Waals surface area contributed by atoms with Gasteiger partial charge in [-0.1, -0.05) is 0 Å². The quantitative estimate of drug-likeness (QED) is 0.841. The van der Waals surface area contributed by atoms with Gasteiger partial charge in [-0.2, -0.15) is 0 Å². The molecule has 0 unspecified atom stereocenters.